The van der Waals surface area contributed by atoms with Gasteiger partial charge in [0.05, 0.1) is 20.3 Å². The van der Waals surface area contributed by atoms with E-state index in [0.29, 0.717) is 6.54 Å². The SMILES string of the molecule is COCCNCC1CCN(CC(=O)OC)CC1. The zero-order valence-electron chi connectivity index (χ0n) is 10.9. The molecule has 1 N–H and O–H groups in total. The van der Waals surface area contributed by atoms with E-state index < -0.39 is 0 Å². The molecule has 0 aromatic heterocycles. The topological polar surface area (TPSA) is 50.8 Å². The fourth-order valence-electron chi connectivity index (χ4n) is 2.08. The van der Waals surface area contributed by atoms with Crippen molar-refractivity contribution in [3.05, 3.63) is 0 Å². The number of rotatable bonds is 7. The summed E-state index contributed by atoms with van der Waals surface area (Å²) in [6.07, 6.45) is 2.30. The number of hydrogen-bond acceptors (Lipinski definition) is 5. The van der Waals surface area contributed by atoms with Gasteiger partial charge in [0, 0.05) is 13.7 Å². The van der Waals surface area contributed by atoms with E-state index in [9.17, 15) is 4.79 Å². The number of carbonyl (C=O) groups is 1. The fraction of sp³-hybridized carbons (Fsp3) is 0.917. The molecule has 0 amide bonds. The van der Waals surface area contributed by atoms with Gasteiger partial charge in [0.2, 0.25) is 0 Å². The van der Waals surface area contributed by atoms with Crippen LogP contribution < -0.4 is 5.32 Å². The van der Waals surface area contributed by atoms with Gasteiger partial charge in [0.25, 0.3) is 0 Å². The molecule has 1 aliphatic heterocycles. The molecule has 0 aliphatic carbocycles. The van der Waals surface area contributed by atoms with Crippen LogP contribution in [-0.2, 0) is 14.3 Å². The molecule has 1 saturated heterocycles. The third kappa shape index (κ3) is 6.00. The van der Waals surface area contributed by atoms with Gasteiger partial charge in [-0.1, -0.05) is 0 Å². The van der Waals surface area contributed by atoms with Crippen molar-refractivity contribution >= 4 is 5.97 Å². The lowest BCUT2D eigenvalue weighted by Crippen LogP contribution is -2.40. The number of hydrogen-bond donors (Lipinski definition) is 1. The average molecular weight is 244 g/mol. The van der Waals surface area contributed by atoms with Crippen molar-refractivity contribution < 1.29 is 14.3 Å². The first kappa shape index (κ1) is 14.4. The summed E-state index contributed by atoms with van der Waals surface area (Å²) < 4.78 is 9.65. The van der Waals surface area contributed by atoms with E-state index >= 15 is 0 Å². The number of piperidine rings is 1. The summed E-state index contributed by atoms with van der Waals surface area (Å²) in [7, 11) is 3.15. The summed E-state index contributed by atoms with van der Waals surface area (Å²) in [4.78, 5) is 13.3. The van der Waals surface area contributed by atoms with Crippen LogP contribution in [0.5, 0.6) is 0 Å². The van der Waals surface area contributed by atoms with E-state index in [1.54, 1.807) is 7.11 Å². The Hall–Kier alpha value is -0.650. The van der Waals surface area contributed by atoms with Crippen molar-refractivity contribution in [3.8, 4) is 0 Å². The number of likely N-dealkylation sites (tertiary alicyclic amines) is 1. The standard InChI is InChI=1S/C12H24N2O3/c1-16-8-5-13-9-11-3-6-14(7-4-11)10-12(15)17-2/h11,13H,3-10H2,1-2H3. The van der Waals surface area contributed by atoms with Crippen LogP contribution in [0.2, 0.25) is 0 Å². The van der Waals surface area contributed by atoms with Gasteiger partial charge in [0.1, 0.15) is 0 Å². The van der Waals surface area contributed by atoms with Crippen molar-refractivity contribution in [2.45, 2.75) is 12.8 Å². The quantitative estimate of drug-likeness (QED) is 0.509. The molecule has 0 aromatic rings. The maximum Gasteiger partial charge on any atom is 0.319 e. The summed E-state index contributed by atoms with van der Waals surface area (Å²) >= 11 is 0. The smallest absolute Gasteiger partial charge is 0.319 e. The Morgan fingerprint density at radius 1 is 1.35 bits per heavy atom. The van der Waals surface area contributed by atoms with Gasteiger partial charge in [-0.2, -0.15) is 0 Å². The maximum absolute atomic E-state index is 11.1. The molecular weight excluding hydrogens is 220 g/mol. The van der Waals surface area contributed by atoms with E-state index in [4.69, 9.17) is 4.74 Å². The summed E-state index contributed by atoms with van der Waals surface area (Å²) in [5, 5.41) is 3.39. The van der Waals surface area contributed by atoms with Crippen LogP contribution in [-0.4, -0.2) is 64.4 Å². The first-order chi connectivity index (χ1) is 8.26. The Labute approximate surface area is 103 Å². The van der Waals surface area contributed by atoms with Crippen LogP contribution in [0.3, 0.4) is 0 Å². The molecule has 0 aromatic carbocycles. The summed E-state index contributed by atoms with van der Waals surface area (Å²) in [5.74, 6) is 0.586. The lowest BCUT2D eigenvalue weighted by atomic mass is 9.97. The summed E-state index contributed by atoms with van der Waals surface area (Å²) in [5.41, 5.74) is 0. The molecule has 0 spiro atoms. The summed E-state index contributed by atoms with van der Waals surface area (Å²) in [6, 6.07) is 0. The minimum atomic E-state index is -0.137. The normalized spacial score (nSPS) is 18.2. The van der Waals surface area contributed by atoms with E-state index in [-0.39, 0.29) is 5.97 Å². The molecule has 0 saturated carbocycles. The predicted molar refractivity (Wildman–Crippen MR) is 65.9 cm³/mol. The van der Waals surface area contributed by atoms with E-state index in [1.165, 1.54) is 7.11 Å². The minimum Gasteiger partial charge on any atom is -0.468 e. The Morgan fingerprint density at radius 2 is 2.06 bits per heavy atom. The van der Waals surface area contributed by atoms with Crippen LogP contribution in [0.25, 0.3) is 0 Å². The second-order valence-corrected chi connectivity index (χ2v) is 4.49. The van der Waals surface area contributed by atoms with Crippen LogP contribution in [0.1, 0.15) is 12.8 Å². The zero-order valence-corrected chi connectivity index (χ0v) is 10.9. The molecule has 1 heterocycles. The number of nitrogens with one attached hydrogen (secondary N) is 1. The lowest BCUT2D eigenvalue weighted by molar-refractivity contribution is -0.142. The third-order valence-electron chi connectivity index (χ3n) is 3.20. The average Bonchev–Trinajstić information content (AvgIpc) is 2.36. The predicted octanol–water partition coefficient (Wildman–Crippen LogP) is 0.107. The highest BCUT2D eigenvalue weighted by molar-refractivity contribution is 5.71. The molecular formula is C12H24N2O3. The number of esters is 1. The highest BCUT2D eigenvalue weighted by Crippen LogP contribution is 2.15. The Bertz CT molecular complexity index is 216. The molecule has 1 rings (SSSR count). The highest BCUT2D eigenvalue weighted by Gasteiger charge is 2.20. The molecule has 5 nitrogen and oxygen atoms in total. The van der Waals surface area contributed by atoms with E-state index in [1.807, 2.05) is 0 Å². The minimum absolute atomic E-state index is 0.137. The number of methoxy groups -OCH3 is 2. The van der Waals surface area contributed by atoms with E-state index in [0.717, 1.165) is 51.5 Å². The van der Waals surface area contributed by atoms with Crippen LogP contribution in [0.4, 0.5) is 0 Å². The molecule has 0 unspecified atom stereocenters. The van der Waals surface area contributed by atoms with Gasteiger partial charge >= 0.3 is 5.97 Å². The molecule has 17 heavy (non-hydrogen) atoms. The van der Waals surface area contributed by atoms with Crippen molar-refractivity contribution in [1.82, 2.24) is 10.2 Å². The molecule has 0 radical (unpaired) electrons. The Kier molecular flexibility index (Phi) is 7.16. The Balaban J connectivity index is 2.07. The van der Waals surface area contributed by atoms with Gasteiger partial charge in [-0.15, -0.1) is 0 Å². The van der Waals surface area contributed by atoms with Gasteiger partial charge in [-0.05, 0) is 38.4 Å². The number of carbonyl (C=O) groups excluding carboxylic acids is 1. The maximum atomic E-state index is 11.1. The molecule has 1 aliphatic rings. The second-order valence-electron chi connectivity index (χ2n) is 4.49. The molecule has 100 valence electrons. The first-order valence-electron chi connectivity index (χ1n) is 6.25. The number of ether oxygens (including phenoxy) is 2. The van der Waals surface area contributed by atoms with Crippen LogP contribution in [0.15, 0.2) is 0 Å². The van der Waals surface area contributed by atoms with Crippen molar-refractivity contribution in [3.63, 3.8) is 0 Å². The van der Waals surface area contributed by atoms with Crippen LogP contribution >= 0.6 is 0 Å². The van der Waals surface area contributed by atoms with Gasteiger partial charge < -0.3 is 14.8 Å². The summed E-state index contributed by atoms with van der Waals surface area (Å²) in [6.45, 7) is 5.15. The van der Waals surface area contributed by atoms with Crippen molar-refractivity contribution in [1.29, 1.82) is 0 Å². The molecule has 0 bridgehead atoms. The number of nitrogens with zero attached hydrogens (tertiary/aromatic N) is 1. The second kappa shape index (κ2) is 8.44. The van der Waals surface area contributed by atoms with Gasteiger partial charge in [-0.3, -0.25) is 9.69 Å². The zero-order chi connectivity index (χ0) is 12.5. The largest absolute Gasteiger partial charge is 0.468 e. The molecule has 0 atom stereocenters. The lowest BCUT2D eigenvalue weighted by Gasteiger charge is -2.31. The van der Waals surface area contributed by atoms with Gasteiger partial charge in [-0.25, -0.2) is 0 Å². The van der Waals surface area contributed by atoms with Crippen LogP contribution in [0, 0.1) is 5.92 Å². The molecule has 1 fully saturated rings. The Morgan fingerprint density at radius 3 is 2.65 bits per heavy atom. The fourth-order valence-corrected chi connectivity index (χ4v) is 2.08. The first-order valence-corrected chi connectivity index (χ1v) is 6.25. The van der Waals surface area contributed by atoms with Crippen molar-refractivity contribution in [2.75, 3.05) is 53.6 Å². The highest BCUT2D eigenvalue weighted by atomic mass is 16.5. The van der Waals surface area contributed by atoms with Gasteiger partial charge in [0.15, 0.2) is 0 Å². The molecule has 5 heteroatoms. The van der Waals surface area contributed by atoms with Crippen molar-refractivity contribution in [2.24, 2.45) is 5.92 Å². The monoisotopic (exact) mass is 244 g/mol. The van der Waals surface area contributed by atoms with E-state index in [2.05, 4.69) is 15.0 Å². The third-order valence-corrected chi connectivity index (χ3v) is 3.20.